The number of hydrogen-bond acceptors (Lipinski definition) is 8. The number of carbonyl (C=O) groups is 2. The topological polar surface area (TPSA) is 115 Å². The number of methoxy groups -OCH3 is 1. The van der Waals surface area contributed by atoms with E-state index >= 15 is 0 Å². The molecule has 0 spiro atoms. The first kappa shape index (κ1) is 25.5. The zero-order valence-electron chi connectivity index (χ0n) is 19.9. The predicted octanol–water partition coefficient (Wildman–Crippen LogP) is 3.11. The molecule has 3 amide bonds. The summed E-state index contributed by atoms with van der Waals surface area (Å²) in [7, 11) is -0.412. The number of carbonyl (C=O) groups excluding carboxylic acids is 2. The minimum atomic E-state index is -3.42. The maximum absolute atomic E-state index is 14.2. The first-order valence-corrected chi connectivity index (χ1v) is 14.3. The second-order valence-electron chi connectivity index (χ2n) is 8.67. The first-order valence-electron chi connectivity index (χ1n) is 11.0. The van der Waals surface area contributed by atoms with E-state index in [4.69, 9.17) is 16.3 Å². The van der Waals surface area contributed by atoms with Gasteiger partial charge < -0.3 is 9.64 Å². The van der Waals surface area contributed by atoms with Crippen LogP contribution in [-0.4, -0.2) is 77.0 Å². The molecule has 2 unspecified atom stereocenters. The van der Waals surface area contributed by atoms with Crippen LogP contribution >= 0.6 is 23.4 Å². The van der Waals surface area contributed by atoms with Gasteiger partial charge in [0.1, 0.15) is 15.1 Å². The molecular formula is C23H21ClFN5O5S2. The second-order valence-corrected chi connectivity index (χ2v) is 12.5. The van der Waals surface area contributed by atoms with Crippen molar-refractivity contribution >= 4 is 66.6 Å². The standard InChI is InChI=1S/C23H21ClFN5O5S2/c1-28-20-12(10-27-28)9-26-11-17(20)30-22(31)21-16(29(23(30)32)4-5-37(3,33)34)8-19(36-21)13-6-18(35-2)15(25)7-14(13)24/h6-11,16,21H,4-5H2,1-3H3. The van der Waals surface area contributed by atoms with Crippen molar-refractivity contribution in [3.63, 3.8) is 0 Å². The Morgan fingerprint density at radius 2 is 1.97 bits per heavy atom. The quantitative estimate of drug-likeness (QED) is 0.448. The van der Waals surface area contributed by atoms with E-state index in [-0.39, 0.29) is 28.8 Å². The highest BCUT2D eigenvalue weighted by atomic mass is 35.5. The van der Waals surface area contributed by atoms with Crippen molar-refractivity contribution in [2.45, 2.75) is 11.3 Å². The van der Waals surface area contributed by atoms with E-state index in [1.807, 2.05) is 0 Å². The van der Waals surface area contributed by atoms with Gasteiger partial charge in [-0.15, -0.1) is 11.8 Å². The van der Waals surface area contributed by atoms with Gasteiger partial charge in [0.25, 0.3) is 5.91 Å². The molecule has 1 fully saturated rings. The number of pyridine rings is 1. The van der Waals surface area contributed by atoms with E-state index < -0.39 is 38.9 Å². The number of benzene rings is 1. The average Bonchev–Trinajstić information content (AvgIpc) is 3.43. The Balaban J connectivity index is 1.60. The smallest absolute Gasteiger partial charge is 0.332 e. The zero-order chi connectivity index (χ0) is 26.6. The highest BCUT2D eigenvalue weighted by Crippen LogP contribution is 2.48. The van der Waals surface area contributed by atoms with Gasteiger partial charge in [0.05, 0.1) is 47.5 Å². The largest absolute Gasteiger partial charge is 0.494 e. The molecule has 0 saturated carbocycles. The van der Waals surface area contributed by atoms with Gasteiger partial charge in [0.2, 0.25) is 0 Å². The van der Waals surface area contributed by atoms with Crippen molar-refractivity contribution in [2.24, 2.45) is 7.05 Å². The molecule has 3 aromatic rings. The number of ether oxygens (including phenoxy) is 1. The van der Waals surface area contributed by atoms with Crippen LogP contribution in [-0.2, 0) is 21.7 Å². The summed E-state index contributed by atoms with van der Waals surface area (Å²) in [5.41, 5.74) is 1.20. The number of hydrogen-bond donors (Lipinski definition) is 0. The molecule has 4 heterocycles. The van der Waals surface area contributed by atoms with Gasteiger partial charge in [0.15, 0.2) is 11.6 Å². The van der Waals surface area contributed by atoms with E-state index in [1.165, 1.54) is 40.7 Å². The molecule has 10 nitrogen and oxygen atoms in total. The number of sulfone groups is 1. The third-order valence-electron chi connectivity index (χ3n) is 6.22. The summed E-state index contributed by atoms with van der Waals surface area (Å²) in [6.07, 6.45) is 7.32. The Labute approximate surface area is 220 Å². The number of imide groups is 1. The summed E-state index contributed by atoms with van der Waals surface area (Å²) in [5.74, 6) is -1.46. The van der Waals surface area contributed by atoms with E-state index in [0.29, 0.717) is 21.4 Å². The van der Waals surface area contributed by atoms with E-state index in [9.17, 15) is 22.4 Å². The van der Waals surface area contributed by atoms with Crippen molar-refractivity contribution < 1.29 is 27.1 Å². The second kappa shape index (κ2) is 9.30. The molecule has 2 aliphatic heterocycles. The van der Waals surface area contributed by atoms with E-state index in [2.05, 4.69) is 10.1 Å². The van der Waals surface area contributed by atoms with E-state index in [1.54, 1.807) is 25.5 Å². The van der Waals surface area contributed by atoms with Gasteiger partial charge in [0, 0.05) is 41.9 Å². The first-order chi connectivity index (χ1) is 17.5. The van der Waals surface area contributed by atoms with Gasteiger partial charge in [-0.2, -0.15) is 5.10 Å². The summed E-state index contributed by atoms with van der Waals surface area (Å²) >= 11 is 7.50. The molecule has 37 heavy (non-hydrogen) atoms. The monoisotopic (exact) mass is 565 g/mol. The molecule has 5 rings (SSSR count). The van der Waals surface area contributed by atoms with Crippen LogP contribution in [0.25, 0.3) is 15.8 Å². The minimum Gasteiger partial charge on any atom is -0.494 e. The summed E-state index contributed by atoms with van der Waals surface area (Å²) < 4.78 is 44.7. The number of amides is 3. The molecule has 0 N–H and O–H groups in total. The summed E-state index contributed by atoms with van der Waals surface area (Å²) in [5, 5.41) is 4.14. The number of anilines is 1. The van der Waals surface area contributed by atoms with Gasteiger partial charge in [-0.25, -0.2) is 22.5 Å². The maximum atomic E-state index is 14.2. The van der Waals surface area contributed by atoms with Crippen LogP contribution in [0, 0.1) is 5.82 Å². The molecular weight excluding hydrogens is 545 g/mol. The number of aryl methyl sites for hydroxylation is 1. The number of rotatable bonds is 6. The SMILES string of the molecule is COc1cc(C2=CC3C(S2)C(=O)N(c2cncc4cnn(C)c24)C(=O)N3CCS(C)(=O)=O)c(Cl)cc1F. The molecule has 1 saturated heterocycles. The van der Waals surface area contributed by atoms with Gasteiger partial charge in [-0.05, 0) is 18.2 Å². The van der Waals surface area contributed by atoms with Gasteiger partial charge >= 0.3 is 6.03 Å². The molecule has 2 atom stereocenters. The Bertz CT molecular complexity index is 1590. The number of urea groups is 1. The third-order valence-corrected chi connectivity index (χ3v) is 8.80. The number of nitrogens with zero attached hydrogens (tertiary/aromatic N) is 5. The fourth-order valence-corrected chi connectivity index (χ4v) is 6.64. The lowest BCUT2D eigenvalue weighted by Gasteiger charge is -2.41. The lowest BCUT2D eigenvalue weighted by atomic mass is 10.0. The Morgan fingerprint density at radius 3 is 2.68 bits per heavy atom. The van der Waals surface area contributed by atoms with Crippen LogP contribution in [0.3, 0.4) is 0 Å². The lowest BCUT2D eigenvalue weighted by Crippen LogP contribution is -2.62. The van der Waals surface area contributed by atoms with Crippen molar-refractivity contribution in [3.05, 3.63) is 53.2 Å². The number of fused-ring (bicyclic) bond motifs is 2. The van der Waals surface area contributed by atoms with E-state index in [0.717, 1.165) is 17.2 Å². The molecule has 0 radical (unpaired) electrons. The zero-order valence-corrected chi connectivity index (χ0v) is 22.3. The summed E-state index contributed by atoms with van der Waals surface area (Å²) in [6, 6.07) is 1.13. The molecule has 1 aromatic carbocycles. The Hall–Kier alpha value is -3.16. The third kappa shape index (κ3) is 4.44. The normalized spacial score (nSPS) is 20.0. The fourth-order valence-electron chi connectivity index (χ4n) is 4.45. The lowest BCUT2D eigenvalue weighted by molar-refractivity contribution is -0.119. The summed E-state index contributed by atoms with van der Waals surface area (Å²) in [4.78, 5) is 34.7. The van der Waals surface area contributed by atoms with Crippen LogP contribution in [0.1, 0.15) is 5.56 Å². The average molecular weight is 566 g/mol. The predicted molar refractivity (Wildman–Crippen MR) is 139 cm³/mol. The molecule has 0 aliphatic carbocycles. The maximum Gasteiger partial charge on any atom is 0.332 e. The molecule has 0 bridgehead atoms. The van der Waals surface area contributed by atoms with Crippen molar-refractivity contribution in [3.8, 4) is 5.75 Å². The Kier molecular flexibility index (Phi) is 6.40. The van der Waals surface area contributed by atoms with Crippen molar-refractivity contribution in [2.75, 3.05) is 30.6 Å². The van der Waals surface area contributed by atoms with Gasteiger partial charge in [-0.1, -0.05) is 11.6 Å². The number of halogens is 2. The van der Waals surface area contributed by atoms with Crippen molar-refractivity contribution in [1.82, 2.24) is 19.7 Å². The minimum absolute atomic E-state index is 0.0253. The molecule has 2 aromatic heterocycles. The highest BCUT2D eigenvalue weighted by Gasteiger charge is 2.50. The van der Waals surface area contributed by atoms with Crippen LogP contribution in [0.15, 0.2) is 36.8 Å². The molecule has 2 aliphatic rings. The van der Waals surface area contributed by atoms with Crippen LogP contribution < -0.4 is 9.64 Å². The fraction of sp³-hybridized carbons (Fsp3) is 0.304. The highest BCUT2D eigenvalue weighted by molar-refractivity contribution is 8.09. The van der Waals surface area contributed by atoms with Crippen molar-refractivity contribution in [1.29, 1.82) is 0 Å². The van der Waals surface area contributed by atoms with Gasteiger partial charge in [-0.3, -0.25) is 14.5 Å². The van der Waals surface area contributed by atoms with Crippen LogP contribution in [0.2, 0.25) is 5.02 Å². The number of thioether (sulfide) groups is 1. The molecule has 194 valence electrons. The Morgan fingerprint density at radius 1 is 1.22 bits per heavy atom. The number of aromatic nitrogens is 3. The van der Waals surface area contributed by atoms with Crippen LogP contribution in [0.4, 0.5) is 14.9 Å². The molecule has 14 heteroatoms. The van der Waals surface area contributed by atoms with Crippen LogP contribution in [0.5, 0.6) is 5.75 Å². The summed E-state index contributed by atoms with van der Waals surface area (Å²) in [6.45, 7) is -0.137.